The monoisotopic (exact) mass is 256 g/mol. The zero-order valence-corrected chi connectivity index (χ0v) is 9.90. The molecule has 18 heavy (non-hydrogen) atoms. The van der Waals surface area contributed by atoms with Crippen molar-refractivity contribution in [3.63, 3.8) is 0 Å². The molecule has 2 rings (SSSR count). The van der Waals surface area contributed by atoms with Gasteiger partial charge in [-0.3, -0.25) is 4.98 Å². The average Bonchev–Trinajstić information content (AvgIpc) is 2.38. The number of alkyl halides is 2. The highest BCUT2D eigenvalue weighted by atomic mass is 19.1. The first-order chi connectivity index (χ1) is 8.63. The van der Waals surface area contributed by atoms with Gasteiger partial charge in [0.05, 0.1) is 24.3 Å². The van der Waals surface area contributed by atoms with Gasteiger partial charge in [0.15, 0.2) is 0 Å². The van der Waals surface area contributed by atoms with Crippen molar-refractivity contribution in [3.8, 4) is 0 Å². The molecule has 98 valence electrons. The normalized spacial score (nSPS) is 27.8. The molecule has 4 nitrogen and oxygen atoms in total. The summed E-state index contributed by atoms with van der Waals surface area (Å²) in [6, 6.07) is 2.85. The van der Waals surface area contributed by atoms with E-state index in [1.54, 1.807) is 0 Å². The number of pyridine rings is 1. The van der Waals surface area contributed by atoms with Crippen molar-refractivity contribution in [2.24, 2.45) is 0 Å². The van der Waals surface area contributed by atoms with Gasteiger partial charge in [0.25, 0.3) is 0 Å². The first-order valence-electron chi connectivity index (χ1n) is 5.66. The summed E-state index contributed by atoms with van der Waals surface area (Å²) in [6.07, 6.45) is -1.34. The molecule has 2 unspecified atom stereocenters. The van der Waals surface area contributed by atoms with Crippen LogP contribution in [0.4, 0.5) is 8.78 Å². The molecule has 1 aromatic rings. The number of esters is 1. The van der Waals surface area contributed by atoms with Gasteiger partial charge in [0, 0.05) is 19.3 Å². The van der Waals surface area contributed by atoms with Gasteiger partial charge in [-0.25, -0.2) is 13.6 Å². The summed E-state index contributed by atoms with van der Waals surface area (Å²) >= 11 is 0. The maximum absolute atomic E-state index is 13.7. The molecule has 0 bridgehead atoms. The van der Waals surface area contributed by atoms with Crippen molar-refractivity contribution in [2.75, 3.05) is 20.2 Å². The largest absolute Gasteiger partial charge is 0.465 e. The van der Waals surface area contributed by atoms with Gasteiger partial charge >= 0.3 is 5.97 Å². The quantitative estimate of drug-likeness (QED) is 0.809. The van der Waals surface area contributed by atoms with Gasteiger partial charge in [-0.1, -0.05) is 0 Å². The third kappa shape index (κ3) is 2.48. The maximum Gasteiger partial charge on any atom is 0.337 e. The Balaban J connectivity index is 2.29. The van der Waals surface area contributed by atoms with Gasteiger partial charge in [-0.2, -0.15) is 0 Å². The number of carbonyl (C=O) groups is 1. The molecule has 0 aliphatic carbocycles. The molecule has 6 heteroatoms. The van der Waals surface area contributed by atoms with Crippen LogP contribution in [0.5, 0.6) is 0 Å². The van der Waals surface area contributed by atoms with Crippen molar-refractivity contribution in [1.29, 1.82) is 0 Å². The first kappa shape index (κ1) is 12.9. The van der Waals surface area contributed by atoms with E-state index in [2.05, 4.69) is 15.0 Å². The fraction of sp³-hybridized carbons (Fsp3) is 0.500. The van der Waals surface area contributed by atoms with E-state index in [1.807, 2.05) is 0 Å². The van der Waals surface area contributed by atoms with Gasteiger partial charge in [0.2, 0.25) is 0 Å². The second kappa shape index (κ2) is 5.39. The molecule has 0 aromatic carbocycles. The summed E-state index contributed by atoms with van der Waals surface area (Å²) in [5.74, 6) is -1.48. The Morgan fingerprint density at radius 3 is 2.72 bits per heavy atom. The second-order valence-electron chi connectivity index (χ2n) is 4.18. The minimum atomic E-state index is -1.35. The lowest BCUT2D eigenvalue weighted by atomic mass is 9.90. The van der Waals surface area contributed by atoms with Crippen molar-refractivity contribution < 1.29 is 18.3 Å². The van der Waals surface area contributed by atoms with Crippen LogP contribution in [0.25, 0.3) is 0 Å². The van der Waals surface area contributed by atoms with Gasteiger partial charge in [-0.05, 0) is 12.1 Å². The number of piperidine rings is 1. The number of hydrogen-bond donors (Lipinski definition) is 1. The van der Waals surface area contributed by atoms with E-state index < -0.39 is 24.2 Å². The number of aromatic nitrogens is 1. The third-order valence-corrected chi connectivity index (χ3v) is 3.00. The molecule has 1 aromatic heterocycles. The molecule has 1 fully saturated rings. The van der Waals surface area contributed by atoms with Gasteiger partial charge in [-0.15, -0.1) is 0 Å². The lowest BCUT2D eigenvalue weighted by Gasteiger charge is -2.29. The van der Waals surface area contributed by atoms with Crippen LogP contribution in [0.2, 0.25) is 0 Å². The zero-order chi connectivity index (χ0) is 13.1. The summed E-state index contributed by atoms with van der Waals surface area (Å²) in [7, 11) is 1.25. The van der Waals surface area contributed by atoms with E-state index in [9.17, 15) is 13.6 Å². The molecule has 1 aliphatic rings. The van der Waals surface area contributed by atoms with E-state index in [0.29, 0.717) is 0 Å². The second-order valence-corrected chi connectivity index (χ2v) is 4.18. The van der Waals surface area contributed by atoms with E-state index >= 15 is 0 Å². The average molecular weight is 256 g/mol. The molecule has 0 spiro atoms. The zero-order valence-electron chi connectivity index (χ0n) is 9.90. The minimum Gasteiger partial charge on any atom is -0.465 e. The predicted octanol–water partition coefficient (Wildman–Crippen LogP) is 1.23. The highest BCUT2D eigenvalue weighted by molar-refractivity contribution is 5.89. The Kier molecular flexibility index (Phi) is 3.86. The molecule has 1 aliphatic heterocycles. The van der Waals surface area contributed by atoms with Gasteiger partial charge in [0.1, 0.15) is 12.3 Å². The summed E-state index contributed by atoms with van der Waals surface area (Å²) in [4.78, 5) is 15.3. The Labute approximate surface area is 103 Å². The molecule has 1 saturated heterocycles. The number of ether oxygens (including phenoxy) is 1. The van der Waals surface area contributed by atoms with Crippen LogP contribution in [0.3, 0.4) is 0 Å². The fourth-order valence-corrected chi connectivity index (χ4v) is 2.09. The maximum atomic E-state index is 13.7. The molecule has 2 heterocycles. The molecular formula is C12H14F2N2O2. The summed E-state index contributed by atoms with van der Waals surface area (Å²) in [5.41, 5.74) is 0.500. The van der Waals surface area contributed by atoms with Crippen LogP contribution in [-0.2, 0) is 4.74 Å². The summed E-state index contributed by atoms with van der Waals surface area (Å²) < 4.78 is 32.0. The number of nitrogens with zero attached hydrogens (tertiary/aromatic N) is 1. The van der Waals surface area contributed by atoms with Crippen molar-refractivity contribution in [2.45, 2.75) is 18.3 Å². The van der Waals surface area contributed by atoms with Crippen molar-refractivity contribution in [1.82, 2.24) is 10.3 Å². The standard InChI is InChI=1S/C12H14F2N2O2/c1-18-12(17)7-2-3-16-10(4-7)11-8(13)5-15-6-9(11)14/h2-4,8-9,11,15H,5-6H2,1H3. The number of nitrogens with one attached hydrogen (secondary N) is 1. The lowest BCUT2D eigenvalue weighted by Crippen LogP contribution is -2.45. The molecule has 1 N–H and O–H groups in total. The summed E-state index contributed by atoms with van der Waals surface area (Å²) in [5, 5.41) is 2.66. The van der Waals surface area contributed by atoms with Crippen LogP contribution in [0, 0.1) is 0 Å². The molecule has 0 radical (unpaired) electrons. The van der Waals surface area contributed by atoms with Crippen LogP contribution in [0.1, 0.15) is 22.0 Å². The van der Waals surface area contributed by atoms with E-state index in [1.165, 1.54) is 25.4 Å². The van der Waals surface area contributed by atoms with E-state index in [4.69, 9.17) is 0 Å². The molecule has 2 atom stereocenters. The fourth-order valence-electron chi connectivity index (χ4n) is 2.09. The van der Waals surface area contributed by atoms with Crippen LogP contribution in [-0.4, -0.2) is 43.5 Å². The predicted molar refractivity (Wildman–Crippen MR) is 61.0 cm³/mol. The lowest BCUT2D eigenvalue weighted by molar-refractivity contribution is 0.0599. The van der Waals surface area contributed by atoms with E-state index in [0.717, 1.165) is 0 Å². The number of methoxy groups -OCH3 is 1. The number of rotatable bonds is 2. The molecular weight excluding hydrogens is 242 g/mol. The number of hydrogen-bond acceptors (Lipinski definition) is 4. The minimum absolute atomic E-state index is 0.0925. The van der Waals surface area contributed by atoms with Crippen molar-refractivity contribution >= 4 is 5.97 Å². The third-order valence-electron chi connectivity index (χ3n) is 3.00. The van der Waals surface area contributed by atoms with Gasteiger partial charge < -0.3 is 10.1 Å². The van der Waals surface area contributed by atoms with Crippen LogP contribution >= 0.6 is 0 Å². The Hall–Kier alpha value is -1.56. The number of carbonyl (C=O) groups excluding carboxylic acids is 1. The Morgan fingerprint density at radius 2 is 2.11 bits per heavy atom. The SMILES string of the molecule is COC(=O)c1ccnc(C2C(F)CNCC2F)c1. The highest BCUT2D eigenvalue weighted by Gasteiger charge is 2.36. The highest BCUT2D eigenvalue weighted by Crippen LogP contribution is 2.29. The Morgan fingerprint density at radius 1 is 1.44 bits per heavy atom. The van der Waals surface area contributed by atoms with E-state index in [-0.39, 0.29) is 24.3 Å². The number of halogens is 2. The first-order valence-corrected chi connectivity index (χ1v) is 5.66. The molecule has 0 amide bonds. The smallest absolute Gasteiger partial charge is 0.337 e. The van der Waals surface area contributed by atoms with Crippen LogP contribution < -0.4 is 5.32 Å². The topological polar surface area (TPSA) is 51.2 Å². The molecule has 0 saturated carbocycles. The van der Waals surface area contributed by atoms with Crippen molar-refractivity contribution in [3.05, 3.63) is 29.6 Å². The Bertz CT molecular complexity index is 432. The van der Waals surface area contributed by atoms with Crippen LogP contribution in [0.15, 0.2) is 18.3 Å². The summed E-state index contributed by atoms with van der Waals surface area (Å²) in [6.45, 7) is 0.185.